The zero-order valence-electron chi connectivity index (χ0n) is 14.7. The Labute approximate surface area is 165 Å². The normalized spacial score (nSPS) is 14.4. The molecule has 1 fully saturated rings. The molecule has 0 radical (unpaired) electrons. The third-order valence-corrected chi connectivity index (χ3v) is 5.50. The van der Waals surface area contributed by atoms with E-state index in [0.29, 0.717) is 18.8 Å². The topological polar surface area (TPSA) is 58.6 Å². The van der Waals surface area contributed by atoms with Gasteiger partial charge in [0.15, 0.2) is 6.61 Å². The van der Waals surface area contributed by atoms with Gasteiger partial charge in [0, 0.05) is 38.6 Å². The van der Waals surface area contributed by atoms with Crippen LogP contribution in [0.15, 0.2) is 59.5 Å². The third kappa shape index (κ3) is 3.88. The van der Waals surface area contributed by atoms with Crippen LogP contribution >= 0.6 is 15.9 Å². The third-order valence-electron chi connectivity index (χ3n) is 4.68. The summed E-state index contributed by atoms with van der Waals surface area (Å²) in [6.07, 6.45) is 5.09. The number of piperazine rings is 1. The summed E-state index contributed by atoms with van der Waals surface area (Å²) in [5.74, 6) is 1.52. The Hall–Kier alpha value is -2.67. The number of fused-ring (bicyclic) bond motifs is 1. The van der Waals surface area contributed by atoms with Crippen LogP contribution in [0.1, 0.15) is 0 Å². The van der Waals surface area contributed by atoms with E-state index in [1.54, 1.807) is 18.6 Å². The molecule has 0 unspecified atom stereocenters. The lowest BCUT2D eigenvalue weighted by Crippen LogP contribution is -2.50. The second-order valence-corrected chi connectivity index (χ2v) is 7.11. The van der Waals surface area contributed by atoms with Gasteiger partial charge >= 0.3 is 0 Å². The molecule has 0 atom stereocenters. The largest absolute Gasteiger partial charge is 0.483 e. The summed E-state index contributed by atoms with van der Waals surface area (Å²) < 4.78 is 6.67. The smallest absolute Gasteiger partial charge is 0.260 e. The number of carbonyl (C=O) groups is 1. The van der Waals surface area contributed by atoms with E-state index in [2.05, 4.69) is 30.8 Å². The molecule has 6 nitrogen and oxygen atoms in total. The lowest BCUT2D eigenvalue weighted by molar-refractivity contribution is -0.133. The molecule has 2 heterocycles. The van der Waals surface area contributed by atoms with Crippen LogP contribution in [-0.4, -0.2) is 53.6 Å². The number of hydrogen-bond donors (Lipinski definition) is 0. The van der Waals surface area contributed by atoms with Crippen molar-refractivity contribution in [3.05, 3.63) is 59.5 Å². The number of nitrogens with zero attached hydrogens (tertiary/aromatic N) is 4. The van der Waals surface area contributed by atoms with E-state index in [4.69, 9.17) is 4.74 Å². The van der Waals surface area contributed by atoms with E-state index < -0.39 is 0 Å². The number of hydrogen-bond acceptors (Lipinski definition) is 5. The fourth-order valence-electron chi connectivity index (χ4n) is 3.20. The van der Waals surface area contributed by atoms with Crippen LogP contribution in [0.2, 0.25) is 0 Å². The van der Waals surface area contributed by atoms with Gasteiger partial charge in [-0.25, -0.2) is 4.98 Å². The molecule has 27 heavy (non-hydrogen) atoms. The van der Waals surface area contributed by atoms with Gasteiger partial charge in [-0.1, -0.05) is 30.3 Å². The summed E-state index contributed by atoms with van der Waals surface area (Å²) in [5.41, 5.74) is 0. The fraction of sp³-hybridized carbons (Fsp3) is 0.250. The molecule has 138 valence electrons. The van der Waals surface area contributed by atoms with Gasteiger partial charge in [-0.15, -0.1) is 0 Å². The summed E-state index contributed by atoms with van der Waals surface area (Å²) in [4.78, 5) is 24.9. The van der Waals surface area contributed by atoms with Crippen molar-refractivity contribution in [2.24, 2.45) is 0 Å². The standard InChI is InChI=1S/C20H19BrN4O2/c21-20-16-4-2-1-3-15(16)5-6-17(20)27-14-19(26)25-11-9-24(10-12-25)18-13-22-7-8-23-18/h1-8,13H,9-12,14H2. The van der Waals surface area contributed by atoms with Crippen molar-refractivity contribution < 1.29 is 9.53 Å². The molecule has 1 amide bonds. The molecule has 4 rings (SSSR count). The second-order valence-electron chi connectivity index (χ2n) is 6.32. The zero-order valence-corrected chi connectivity index (χ0v) is 16.3. The molecular weight excluding hydrogens is 408 g/mol. The average Bonchev–Trinajstić information content (AvgIpc) is 2.74. The number of halogens is 1. The summed E-state index contributed by atoms with van der Waals surface area (Å²) in [6.45, 7) is 2.81. The van der Waals surface area contributed by atoms with E-state index in [1.165, 1.54) is 0 Å². The van der Waals surface area contributed by atoms with E-state index >= 15 is 0 Å². The minimum absolute atomic E-state index is 0.00569. The predicted molar refractivity (Wildman–Crippen MR) is 108 cm³/mol. The maximum Gasteiger partial charge on any atom is 0.260 e. The lowest BCUT2D eigenvalue weighted by Gasteiger charge is -2.35. The van der Waals surface area contributed by atoms with Gasteiger partial charge in [0.25, 0.3) is 5.91 Å². The van der Waals surface area contributed by atoms with Gasteiger partial charge in [0.05, 0.1) is 10.7 Å². The number of carbonyl (C=O) groups excluding carboxylic acids is 1. The number of rotatable bonds is 4. The van der Waals surface area contributed by atoms with Crippen LogP contribution in [0.25, 0.3) is 10.8 Å². The van der Waals surface area contributed by atoms with Crippen molar-refractivity contribution in [2.45, 2.75) is 0 Å². The Morgan fingerprint density at radius 3 is 2.67 bits per heavy atom. The highest BCUT2D eigenvalue weighted by molar-refractivity contribution is 9.10. The molecule has 0 bridgehead atoms. The summed E-state index contributed by atoms with van der Waals surface area (Å²) >= 11 is 3.59. The molecule has 7 heteroatoms. The Morgan fingerprint density at radius 1 is 1.07 bits per heavy atom. The van der Waals surface area contributed by atoms with Crippen molar-refractivity contribution in [2.75, 3.05) is 37.7 Å². The fourth-order valence-corrected chi connectivity index (χ4v) is 3.80. The van der Waals surface area contributed by atoms with Gasteiger partial charge in [0.2, 0.25) is 0 Å². The molecule has 1 saturated heterocycles. The van der Waals surface area contributed by atoms with Crippen molar-refractivity contribution >= 4 is 38.4 Å². The minimum atomic E-state index is -0.00569. The lowest BCUT2D eigenvalue weighted by atomic mass is 10.1. The van der Waals surface area contributed by atoms with Crippen LogP contribution < -0.4 is 9.64 Å². The maximum absolute atomic E-state index is 12.5. The number of ether oxygens (including phenoxy) is 1. The molecule has 1 aliphatic rings. The van der Waals surface area contributed by atoms with Gasteiger partial charge in [-0.05, 0) is 32.8 Å². The van der Waals surface area contributed by atoms with Crippen LogP contribution in [0.5, 0.6) is 5.75 Å². The van der Waals surface area contributed by atoms with E-state index in [1.807, 2.05) is 41.3 Å². The molecule has 2 aromatic carbocycles. The Kier molecular flexibility index (Phi) is 5.20. The highest BCUT2D eigenvalue weighted by Crippen LogP contribution is 2.33. The monoisotopic (exact) mass is 426 g/mol. The quantitative estimate of drug-likeness (QED) is 0.641. The molecular formula is C20H19BrN4O2. The first kappa shape index (κ1) is 17.7. The van der Waals surface area contributed by atoms with Gasteiger partial charge in [-0.2, -0.15) is 0 Å². The van der Waals surface area contributed by atoms with Crippen molar-refractivity contribution in [1.29, 1.82) is 0 Å². The summed E-state index contributed by atoms with van der Waals surface area (Å²) in [6, 6.07) is 12.0. The van der Waals surface area contributed by atoms with Gasteiger partial charge in [-0.3, -0.25) is 9.78 Å². The van der Waals surface area contributed by atoms with Crippen molar-refractivity contribution in [3.8, 4) is 5.75 Å². The van der Waals surface area contributed by atoms with Gasteiger partial charge < -0.3 is 14.5 Å². The Balaban J connectivity index is 1.35. The Bertz CT molecular complexity index is 943. The average molecular weight is 427 g/mol. The van der Waals surface area contributed by atoms with Gasteiger partial charge in [0.1, 0.15) is 11.6 Å². The first-order valence-corrected chi connectivity index (χ1v) is 9.60. The SMILES string of the molecule is O=C(COc1ccc2ccccc2c1Br)N1CCN(c2cnccn2)CC1. The first-order valence-electron chi connectivity index (χ1n) is 8.81. The van der Waals surface area contributed by atoms with E-state index in [-0.39, 0.29) is 12.5 Å². The number of aromatic nitrogens is 2. The van der Waals surface area contributed by atoms with E-state index in [9.17, 15) is 4.79 Å². The molecule has 0 spiro atoms. The summed E-state index contributed by atoms with van der Waals surface area (Å²) in [5, 5.41) is 2.20. The zero-order chi connectivity index (χ0) is 18.6. The number of anilines is 1. The highest BCUT2D eigenvalue weighted by Gasteiger charge is 2.22. The van der Waals surface area contributed by atoms with Crippen LogP contribution in [0.4, 0.5) is 5.82 Å². The first-order chi connectivity index (χ1) is 13.2. The molecule has 1 aliphatic heterocycles. The highest BCUT2D eigenvalue weighted by atomic mass is 79.9. The van der Waals surface area contributed by atoms with Crippen LogP contribution in [-0.2, 0) is 4.79 Å². The van der Waals surface area contributed by atoms with E-state index in [0.717, 1.165) is 34.2 Å². The molecule has 3 aromatic rings. The molecule has 0 saturated carbocycles. The maximum atomic E-state index is 12.5. The second kappa shape index (κ2) is 7.92. The van der Waals surface area contributed by atoms with Crippen molar-refractivity contribution in [3.63, 3.8) is 0 Å². The summed E-state index contributed by atoms with van der Waals surface area (Å²) in [7, 11) is 0. The molecule has 1 aromatic heterocycles. The van der Waals surface area contributed by atoms with Crippen LogP contribution in [0, 0.1) is 0 Å². The Morgan fingerprint density at radius 2 is 1.89 bits per heavy atom. The predicted octanol–water partition coefficient (Wildman–Crippen LogP) is 3.12. The number of benzene rings is 2. The molecule has 0 aliphatic carbocycles. The van der Waals surface area contributed by atoms with Crippen LogP contribution in [0.3, 0.4) is 0 Å². The van der Waals surface area contributed by atoms with Crippen molar-refractivity contribution in [1.82, 2.24) is 14.9 Å². The molecule has 0 N–H and O–H groups in total. The number of amides is 1. The minimum Gasteiger partial charge on any atom is -0.483 e.